The topological polar surface area (TPSA) is 84.9 Å². The summed E-state index contributed by atoms with van der Waals surface area (Å²) in [5, 5.41) is 2.27. The van der Waals surface area contributed by atoms with Crippen molar-refractivity contribution in [1.29, 1.82) is 0 Å². The van der Waals surface area contributed by atoms with Crippen molar-refractivity contribution < 1.29 is 23.9 Å². The number of halogens is 1. The first-order chi connectivity index (χ1) is 17.2. The molecule has 1 N–H and O–H groups in total. The van der Waals surface area contributed by atoms with Crippen LogP contribution in [0.25, 0.3) is 6.08 Å². The number of carbonyl (C=O) groups is 3. The lowest BCUT2D eigenvalue weighted by Crippen LogP contribution is -2.54. The van der Waals surface area contributed by atoms with Crippen molar-refractivity contribution in [3.63, 3.8) is 0 Å². The molecule has 0 radical (unpaired) electrons. The Bertz CT molecular complexity index is 1400. The third-order valence-electron chi connectivity index (χ3n) is 5.76. The number of hydrogen-bond acceptors (Lipinski definition) is 5. The van der Waals surface area contributed by atoms with Gasteiger partial charge in [-0.3, -0.25) is 14.9 Å². The van der Waals surface area contributed by atoms with Gasteiger partial charge in [-0.15, -0.1) is 0 Å². The smallest absolute Gasteiger partial charge is 0.335 e. The van der Waals surface area contributed by atoms with Gasteiger partial charge < -0.3 is 9.47 Å². The molecule has 0 bridgehead atoms. The van der Waals surface area contributed by atoms with Crippen molar-refractivity contribution in [2.75, 3.05) is 12.0 Å². The van der Waals surface area contributed by atoms with Crippen molar-refractivity contribution in [3.05, 3.63) is 91.6 Å². The first-order valence-electron chi connectivity index (χ1n) is 11.2. The number of anilines is 1. The number of nitrogens with one attached hydrogen (secondary N) is 1. The number of benzene rings is 3. The third-order valence-corrected chi connectivity index (χ3v) is 6.56. The van der Waals surface area contributed by atoms with Gasteiger partial charge in [-0.05, 0) is 84.3 Å². The first kappa shape index (κ1) is 25.4. The molecule has 7 nitrogen and oxygen atoms in total. The van der Waals surface area contributed by atoms with Crippen molar-refractivity contribution >= 4 is 52.2 Å². The number of barbiturate groups is 1. The molecule has 0 aromatic heterocycles. The van der Waals surface area contributed by atoms with E-state index < -0.39 is 17.8 Å². The predicted octanol–water partition coefficient (Wildman–Crippen LogP) is 5.47. The van der Waals surface area contributed by atoms with E-state index in [1.807, 2.05) is 57.2 Å². The average molecular weight is 596 g/mol. The van der Waals surface area contributed by atoms with Crippen LogP contribution < -0.4 is 19.7 Å². The molecule has 3 aromatic carbocycles. The lowest BCUT2D eigenvalue weighted by molar-refractivity contribution is -0.122. The molecule has 1 heterocycles. The van der Waals surface area contributed by atoms with Gasteiger partial charge in [0.15, 0.2) is 11.5 Å². The molecule has 0 spiro atoms. The average Bonchev–Trinajstić information content (AvgIpc) is 2.83. The van der Waals surface area contributed by atoms with Gasteiger partial charge in [0.1, 0.15) is 12.2 Å². The van der Waals surface area contributed by atoms with Gasteiger partial charge >= 0.3 is 6.03 Å². The maximum absolute atomic E-state index is 13.3. The molecule has 1 fully saturated rings. The van der Waals surface area contributed by atoms with Crippen molar-refractivity contribution in [2.24, 2.45) is 0 Å². The highest BCUT2D eigenvalue weighted by Crippen LogP contribution is 2.36. The van der Waals surface area contributed by atoms with E-state index in [2.05, 4.69) is 27.9 Å². The summed E-state index contributed by atoms with van der Waals surface area (Å²) >= 11 is 2.13. The quantitative estimate of drug-likeness (QED) is 0.232. The SMILES string of the molecule is COc1cc(/C=C2\C(=O)NC(=O)N(c3ccc(C)cc3C)C2=O)cc(I)c1OCc1ccc(C)cc1. The largest absolute Gasteiger partial charge is 0.493 e. The van der Waals surface area contributed by atoms with Gasteiger partial charge in [0.25, 0.3) is 11.8 Å². The Morgan fingerprint density at radius 3 is 2.31 bits per heavy atom. The van der Waals surface area contributed by atoms with E-state index in [-0.39, 0.29) is 5.57 Å². The molecule has 0 unspecified atom stereocenters. The van der Waals surface area contributed by atoms with Gasteiger partial charge in [-0.2, -0.15) is 0 Å². The lowest BCUT2D eigenvalue weighted by atomic mass is 10.0. The predicted molar refractivity (Wildman–Crippen MR) is 146 cm³/mol. The third kappa shape index (κ3) is 5.28. The number of carbonyl (C=O) groups excluding carboxylic acids is 3. The Labute approximate surface area is 223 Å². The summed E-state index contributed by atoms with van der Waals surface area (Å²) in [6.45, 7) is 6.12. The monoisotopic (exact) mass is 596 g/mol. The zero-order chi connectivity index (χ0) is 26.0. The van der Waals surface area contributed by atoms with Gasteiger partial charge in [-0.1, -0.05) is 47.5 Å². The highest BCUT2D eigenvalue weighted by Gasteiger charge is 2.37. The van der Waals surface area contributed by atoms with E-state index in [4.69, 9.17) is 9.47 Å². The molecule has 3 aromatic rings. The maximum Gasteiger partial charge on any atom is 0.335 e. The fraction of sp³-hybridized carbons (Fsp3) is 0.179. The van der Waals surface area contributed by atoms with Crippen molar-refractivity contribution in [1.82, 2.24) is 5.32 Å². The summed E-state index contributed by atoms with van der Waals surface area (Å²) in [6.07, 6.45) is 1.45. The molecule has 1 saturated heterocycles. The second-order valence-corrected chi connectivity index (χ2v) is 9.72. The van der Waals surface area contributed by atoms with Crippen LogP contribution in [0.5, 0.6) is 11.5 Å². The van der Waals surface area contributed by atoms with Crippen LogP contribution in [0, 0.1) is 24.3 Å². The number of methoxy groups -OCH3 is 1. The van der Waals surface area contributed by atoms with Crippen LogP contribution in [0.1, 0.15) is 27.8 Å². The number of amides is 4. The number of urea groups is 1. The molecule has 4 amide bonds. The summed E-state index contributed by atoms with van der Waals surface area (Å²) in [7, 11) is 1.53. The summed E-state index contributed by atoms with van der Waals surface area (Å²) in [5.74, 6) is -0.414. The van der Waals surface area contributed by atoms with Crippen LogP contribution in [-0.4, -0.2) is 25.0 Å². The molecule has 1 aliphatic rings. The molecule has 0 aliphatic carbocycles. The minimum atomic E-state index is -0.777. The van der Waals surface area contributed by atoms with Crippen LogP contribution in [-0.2, 0) is 16.2 Å². The second-order valence-electron chi connectivity index (χ2n) is 8.56. The summed E-state index contributed by atoms with van der Waals surface area (Å²) in [5.41, 5.74) is 4.77. The lowest BCUT2D eigenvalue weighted by Gasteiger charge is -2.27. The van der Waals surface area contributed by atoms with Crippen molar-refractivity contribution in [3.8, 4) is 11.5 Å². The Balaban J connectivity index is 1.65. The van der Waals surface area contributed by atoms with E-state index >= 15 is 0 Å². The Morgan fingerprint density at radius 2 is 1.64 bits per heavy atom. The molecule has 184 valence electrons. The van der Waals surface area contributed by atoms with Gasteiger partial charge in [0.2, 0.25) is 0 Å². The molecule has 36 heavy (non-hydrogen) atoms. The zero-order valence-corrected chi connectivity index (χ0v) is 22.5. The normalized spacial score (nSPS) is 14.8. The van der Waals surface area contributed by atoms with E-state index in [1.54, 1.807) is 18.2 Å². The Hall–Kier alpha value is -3.66. The number of ether oxygens (including phenoxy) is 2. The number of nitrogens with zero attached hydrogens (tertiary/aromatic N) is 1. The van der Waals surface area contributed by atoms with E-state index in [9.17, 15) is 14.4 Å². The van der Waals surface area contributed by atoms with E-state index in [0.29, 0.717) is 29.4 Å². The van der Waals surface area contributed by atoms with Crippen LogP contribution in [0.3, 0.4) is 0 Å². The fourth-order valence-electron chi connectivity index (χ4n) is 3.90. The van der Waals surface area contributed by atoms with Crippen LogP contribution in [0.15, 0.2) is 60.2 Å². The standard InChI is InChI=1S/C28H25IN2O5/c1-16-5-8-19(9-6-16)15-36-25-22(29)13-20(14-24(25)35-4)12-21-26(32)30-28(34)31(27(21)33)23-10-7-17(2)11-18(23)3/h5-14H,15H2,1-4H3,(H,30,32,34)/b21-12+. The van der Waals surface area contributed by atoms with Crippen LogP contribution in [0.2, 0.25) is 0 Å². The zero-order valence-electron chi connectivity index (χ0n) is 20.3. The summed E-state index contributed by atoms with van der Waals surface area (Å²) in [6, 6.07) is 16.1. The second kappa shape index (κ2) is 10.5. The first-order valence-corrected chi connectivity index (χ1v) is 12.3. The number of rotatable bonds is 6. The molecule has 8 heteroatoms. The Kier molecular flexibility index (Phi) is 7.44. The highest BCUT2D eigenvalue weighted by molar-refractivity contribution is 14.1. The molecular formula is C28H25IN2O5. The van der Waals surface area contributed by atoms with Crippen molar-refractivity contribution in [2.45, 2.75) is 27.4 Å². The molecule has 0 saturated carbocycles. The van der Waals surface area contributed by atoms with Gasteiger partial charge in [-0.25, -0.2) is 9.69 Å². The fourth-order valence-corrected chi connectivity index (χ4v) is 4.68. The maximum atomic E-state index is 13.3. The minimum Gasteiger partial charge on any atom is -0.493 e. The van der Waals surface area contributed by atoms with Crippen LogP contribution in [0.4, 0.5) is 10.5 Å². The van der Waals surface area contributed by atoms with E-state index in [1.165, 1.54) is 18.7 Å². The molecular weight excluding hydrogens is 571 g/mol. The minimum absolute atomic E-state index is 0.152. The Morgan fingerprint density at radius 1 is 0.944 bits per heavy atom. The number of hydrogen-bond donors (Lipinski definition) is 1. The van der Waals surface area contributed by atoms with E-state index in [0.717, 1.165) is 25.2 Å². The summed E-state index contributed by atoms with van der Waals surface area (Å²) in [4.78, 5) is 39.5. The van der Waals surface area contributed by atoms with Gasteiger partial charge in [0, 0.05) is 0 Å². The van der Waals surface area contributed by atoms with Gasteiger partial charge in [0.05, 0.1) is 16.4 Å². The number of aryl methyl sites for hydroxylation is 3. The number of imide groups is 2. The molecule has 1 aliphatic heterocycles. The molecule has 0 atom stereocenters. The highest BCUT2D eigenvalue weighted by atomic mass is 127. The van der Waals surface area contributed by atoms with Crippen LogP contribution >= 0.6 is 22.6 Å². The summed E-state index contributed by atoms with van der Waals surface area (Å²) < 4.78 is 12.3. The molecule has 4 rings (SSSR count).